The van der Waals surface area contributed by atoms with Crippen LogP contribution in [0.4, 0.5) is 0 Å². The summed E-state index contributed by atoms with van der Waals surface area (Å²) in [6.45, 7) is 3.93. The monoisotopic (exact) mass is 329 g/mol. The summed E-state index contributed by atoms with van der Waals surface area (Å²) in [5.74, 6) is -0.0379. The Morgan fingerprint density at radius 2 is 2.17 bits per heavy atom. The summed E-state index contributed by atoms with van der Waals surface area (Å²) in [5, 5.41) is 18.3. The Morgan fingerprint density at radius 3 is 2.88 bits per heavy atom. The fraction of sp³-hybridized carbons (Fsp3) is 0.556. The standard InChI is InChI=1S/C18H23N3O3/c1-2-24-15-11-14(22)18(15)7-9-21(10-8-18)17(23)16-12-5-3-4-6-13(12)19-20-16/h3-6,14-15,22H,2,7-11H2,1H3,(H,19,20). The first kappa shape index (κ1) is 15.6. The third-order valence-electron chi connectivity index (χ3n) is 5.76. The number of likely N-dealkylation sites (tertiary alicyclic amines) is 1. The number of para-hydroxylation sites is 1. The normalized spacial score (nSPS) is 25.8. The highest BCUT2D eigenvalue weighted by Gasteiger charge is 2.56. The van der Waals surface area contributed by atoms with E-state index in [0.717, 1.165) is 23.7 Å². The number of amides is 1. The van der Waals surface area contributed by atoms with Crippen molar-refractivity contribution in [3.8, 4) is 0 Å². The van der Waals surface area contributed by atoms with Crippen LogP contribution in [0.5, 0.6) is 0 Å². The lowest BCUT2D eigenvalue weighted by Gasteiger charge is -2.56. The van der Waals surface area contributed by atoms with E-state index in [1.54, 1.807) is 0 Å². The lowest BCUT2D eigenvalue weighted by molar-refractivity contribution is -0.207. The number of benzene rings is 1. The van der Waals surface area contributed by atoms with Gasteiger partial charge in [0.15, 0.2) is 5.69 Å². The van der Waals surface area contributed by atoms with Gasteiger partial charge in [0.25, 0.3) is 5.91 Å². The van der Waals surface area contributed by atoms with Crippen LogP contribution in [0.3, 0.4) is 0 Å². The third kappa shape index (κ3) is 2.24. The number of aromatic nitrogens is 2. The number of carbonyl (C=O) groups excluding carboxylic acids is 1. The zero-order valence-corrected chi connectivity index (χ0v) is 13.9. The van der Waals surface area contributed by atoms with Gasteiger partial charge >= 0.3 is 0 Å². The smallest absolute Gasteiger partial charge is 0.274 e. The molecular formula is C18H23N3O3. The van der Waals surface area contributed by atoms with Gasteiger partial charge in [-0.1, -0.05) is 18.2 Å². The highest BCUT2D eigenvalue weighted by atomic mass is 16.5. The van der Waals surface area contributed by atoms with Crippen molar-refractivity contribution < 1.29 is 14.6 Å². The molecule has 1 spiro atoms. The molecule has 2 unspecified atom stereocenters. The van der Waals surface area contributed by atoms with Crippen molar-refractivity contribution in [1.82, 2.24) is 15.1 Å². The summed E-state index contributed by atoms with van der Waals surface area (Å²) in [6.07, 6.45) is 2.10. The maximum Gasteiger partial charge on any atom is 0.274 e. The lowest BCUT2D eigenvalue weighted by atomic mass is 9.58. The molecule has 1 aliphatic carbocycles. The molecule has 1 saturated carbocycles. The minimum absolute atomic E-state index is 0.0379. The van der Waals surface area contributed by atoms with E-state index in [1.165, 1.54) is 0 Å². The summed E-state index contributed by atoms with van der Waals surface area (Å²) >= 11 is 0. The van der Waals surface area contributed by atoms with Crippen LogP contribution >= 0.6 is 0 Å². The van der Waals surface area contributed by atoms with Crippen molar-refractivity contribution in [2.24, 2.45) is 5.41 Å². The number of aliphatic hydroxyl groups excluding tert-OH is 1. The predicted molar refractivity (Wildman–Crippen MR) is 89.7 cm³/mol. The summed E-state index contributed by atoms with van der Waals surface area (Å²) in [7, 11) is 0. The Bertz CT molecular complexity index is 747. The first-order valence-electron chi connectivity index (χ1n) is 8.68. The van der Waals surface area contributed by atoms with E-state index in [2.05, 4.69) is 10.2 Å². The van der Waals surface area contributed by atoms with Gasteiger partial charge in [-0.25, -0.2) is 0 Å². The maximum absolute atomic E-state index is 12.8. The Hall–Kier alpha value is -1.92. The number of H-pyrrole nitrogens is 1. The molecule has 1 aromatic carbocycles. The Morgan fingerprint density at radius 1 is 1.42 bits per heavy atom. The van der Waals surface area contributed by atoms with Gasteiger partial charge < -0.3 is 14.7 Å². The zero-order valence-electron chi connectivity index (χ0n) is 13.9. The van der Waals surface area contributed by atoms with E-state index in [1.807, 2.05) is 36.1 Å². The number of fused-ring (bicyclic) bond motifs is 1. The van der Waals surface area contributed by atoms with Gasteiger partial charge in [0, 0.05) is 36.9 Å². The van der Waals surface area contributed by atoms with Crippen molar-refractivity contribution in [1.29, 1.82) is 0 Å². The molecule has 1 aliphatic heterocycles. The number of hydrogen-bond acceptors (Lipinski definition) is 4. The Kier molecular flexibility index (Phi) is 3.81. The molecule has 1 aromatic heterocycles. The molecule has 0 radical (unpaired) electrons. The zero-order chi connectivity index (χ0) is 16.7. The minimum Gasteiger partial charge on any atom is -0.392 e. The van der Waals surface area contributed by atoms with Crippen LogP contribution in [0.1, 0.15) is 36.7 Å². The molecule has 1 saturated heterocycles. The Labute approximate surface area is 140 Å². The molecule has 4 rings (SSSR count). The van der Waals surface area contributed by atoms with Crippen LogP contribution in [-0.2, 0) is 4.74 Å². The number of carbonyl (C=O) groups is 1. The summed E-state index contributed by atoms with van der Waals surface area (Å²) in [4.78, 5) is 14.7. The number of nitrogens with zero attached hydrogens (tertiary/aromatic N) is 2. The van der Waals surface area contributed by atoms with Crippen LogP contribution in [0.25, 0.3) is 10.9 Å². The number of hydrogen-bond donors (Lipinski definition) is 2. The highest BCUT2D eigenvalue weighted by Crippen LogP contribution is 2.51. The second-order valence-electron chi connectivity index (χ2n) is 6.84. The van der Waals surface area contributed by atoms with Crippen LogP contribution in [0.2, 0.25) is 0 Å². The first-order valence-corrected chi connectivity index (χ1v) is 8.68. The van der Waals surface area contributed by atoms with E-state index in [0.29, 0.717) is 31.8 Å². The number of rotatable bonds is 3. The summed E-state index contributed by atoms with van der Waals surface area (Å²) < 4.78 is 5.79. The molecule has 6 nitrogen and oxygen atoms in total. The molecule has 2 heterocycles. The van der Waals surface area contributed by atoms with Gasteiger partial charge in [0.05, 0.1) is 17.7 Å². The molecule has 2 fully saturated rings. The molecule has 2 atom stereocenters. The van der Waals surface area contributed by atoms with Crippen LogP contribution in [0, 0.1) is 5.41 Å². The van der Waals surface area contributed by atoms with E-state index >= 15 is 0 Å². The molecule has 128 valence electrons. The van der Waals surface area contributed by atoms with Crippen molar-refractivity contribution in [3.63, 3.8) is 0 Å². The number of piperidine rings is 1. The van der Waals surface area contributed by atoms with E-state index in [-0.39, 0.29) is 23.5 Å². The van der Waals surface area contributed by atoms with Gasteiger partial charge in [0.2, 0.25) is 0 Å². The second kappa shape index (κ2) is 5.86. The molecule has 2 aromatic rings. The molecule has 2 N–H and O–H groups in total. The molecule has 24 heavy (non-hydrogen) atoms. The van der Waals surface area contributed by atoms with Crippen molar-refractivity contribution in [2.45, 2.75) is 38.4 Å². The predicted octanol–water partition coefficient (Wildman–Crippen LogP) is 1.95. The van der Waals surface area contributed by atoms with E-state index in [9.17, 15) is 9.90 Å². The van der Waals surface area contributed by atoms with Gasteiger partial charge in [0.1, 0.15) is 0 Å². The van der Waals surface area contributed by atoms with Crippen molar-refractivity contribution >= 4 is 16.8 Å². The fourth-order valence-electron chi connectivity index (χ4n) is 4.22. The van der Waals surface area contributed by atoms with Crippen molar-refractivity contribution in [3.05, 3.63) is 30.0 Å². The summed E-state index contributed by atoms with van der Waals surface area (Å²) in [6, 6.07) is 7.67. The van der Waals surface area contributed by atoms with Gasteiger partial charge in [-0.2, -0.15) is 5.10 Å². The number of ether oxygens (including phenoxy) is 1. The molecule has 6 heteroatoms. The average molecular weight is 329 g/mol. The minimum atomic E-state index is -0.308. The first-order chi connectivity index (χ1) is 11.7. The van der Waals surface area contributed by atoms with E-state index in [4.69, 9.17) is 4.74 Å². The SMILES string of the molecule is CCOC1CC(O)C12CCN(C(=O)c1n[nH]c3ccccc13)CC2. The number of aromatic amines is 1. The third-order valence-corrected chi connectivity index (χ3v) is 5.76. The number of aliphatic hydroxyl groups is 1. The van der Waals surface area contributed by atoms with Crippen LogP contribution in [0.15, 0.2) is 24.3 Å². The van der Waals surface area contributed by atoms with E-state index < -0.39 is 0 Å². The van der Waals surface area contributed by atoms with Crippen LogP contribution < -0.4 is 0 Å². The Balaban J connectivity index is 1.49. The largest absolute Gasteiger partial charge is 0.392 e. The molecule has 0 bridgehead atoms. The fourth-order valence-corrected chi connectivity index (χ4v) is 4.22. The van der Waals surface area contributed by atoms with Gasteiger partial charge in [-0.15, -0.1) is 0 Å². The summed E-state index contributed by atoms with van der Waals surface area (Å²) in [5.41, 5.74) is 1.19. The second-order valence-corrected chi connectivity index (χ2v) is 6.84. The maximum atomic E-state index is 12.8. The quantitative estimate of drug-likeness (QED) is 0.902. The topological polar surface area (TPSA) is 78.5 Å². The number of nitrogens with one attached hydrogen (secondary N) is 1. The van der Waals surface area contributed by atoms with Crippen molar-refractivity contribution in [2.75, 3.05) is 19.7 Å². The highest BCUT2D eigenvalue weighted by molar-refractivity contribution is 6.04. The average Bonchev–Trinajstić information content (AvgIpc) is 3.05. The van der Waals surface area contributed by atoms with Crippen LogP contribution in [-0.4, -0.2) is 58.0 Å². The van der Waals surface area contributed by atoms with Gasteiger partial charge in [-0.3, -0.25) is 9.89 Å². The molecular weight excluding hydrogens is 306 g/mol. The lowest BCUT2D eigenvalue weighted by Crippen LogP contribution is -2.62. The van der Waals surface area contributed by atoms with Gasteiger partial charge in [-0.05, 0) is 25.8 Å². The molecule has 2 aliphatic rings. The molecule has 1 amide bonds.